The number of carbonyl (C=O) groups excluding carboxylic acids is 2. The molecule has 0 amide bonds. The summed E-state index contributed by atoms with van der Waals surface area (Å²) in [5.41, 5.74) is 0. The Morgan fingerprint density at radius 1 is 0.300 bits per heavy atom. The highest BCUT2D eigenvalue weighted by Crippen LogP contribution is 2.18. The molecule has 5 heteroatoms. The smallest absolute Gasteiger partial charge is 0.306 e. The first-order valence-electron chi connectivity index (χ1n) is 34.4. The molecule has 0 aromatic rings. The van der Waals surface area contributed by atoms with Gasteiger partial charge in [-0.15, -0.1) is 0 Å². The molecular formula is C75H130O5. The number of esters is 2. The molecule has 1 N–H and O–H groups in total. The number of hydrogen-bond acceptors (Lipinski definition) is 5. The lowest BCUT2D eigenvalue weighted by molar-refractivity contribution is -0.161. The second-order valence-electron chi connectivity index (χ2n) is 22.9. The van der Waals surface area contributed by atoms with Crippen LogP contribution in [0.15, 0.2) is 109 Å². The van der Waals surface area contributed by atoms with Crippen molar-refractivity contribution < 1.29 is 24.2 Å². The van der Waals surface area contributed by atoms with Gasteiger partial charge in [-0.1, -0.05) is 329 Å². The van der Waals surface area contributed by atoms with Gasteiger partial charge in [0.15, 0.2) is 6.10 Å². The largest absolute Gasteiger partial charge is 0.462 e. The Kier molecular flexibility index (Phi) is 66.8. The van der Waals surface area contributed by atoms with E-state index in [1.807, 2.05) is 0 Å². The van der Waals surface area contributed by atoms with Crippen LogP contribution in [0.5, 0.6) is 0 Å². The fraction of sp³-hybridized carbons (Fsp3) is 0.733. The number of aliphatic hydroxyl groups excluding tert-OH is 1. The van der Waals surface area contributed by atoms with Crippen molar-refractivity contribution in [2.75, 3.05) is 13.2 Å². The van der Waals surface area contributed by atoms with Gasteiger partial charge in [0.2, 0.25) is 0 Å². The Labute approximate surface area is 497 Å². The van der Waals surface area contributed by atoms with E-state index in [2.05, 4.69) is 123 Å². The van der Waals surface area contributed by atoms with Gasteiger partial charge < -0.3 is 14.6 Å². The predicted octanol–water partition coefficient (Wildman–Crippen LogP) is 24.0. The molecule has 0 aliphatic rings. The van der Waals surface area contributed by atoms with Gasteiger partial charge in [-0.3, -0.25) is 9.59 Å². The first kappa shape index (κ1) is 76.6. The van der Waals surface area contributed by atoms with E-state index in [9.17, 15) is 14.7 Å². The maximum Gasteiger partial charge on any atom is 0.306 e. The van der Waals surface area contributed by atoms with E-state index in [0.717, 1.165) is 96.3 Å². The number of unbranched alkanes of at least 4 members (excludes halogenated alkanes) is 37. The van der Waals surface area contributed by atoms with Crippen LogP contribution in [0.4, 0.5) is 0 Å². The monoisotopic (exact) mass is 1110 g/mol. The molecule has 0 fully saturated rings. The van der Waals surface area contributed by atoms with Gasteiger partial charge in [0.1, 0.15) is 6.61 Å². The average Bonchev–Trinajstić information content (AvgIpc) is 3.46. The van der Waals surface area contributed by atoms with E-state index in [1.54, 1.807) is 0 Å². The maximum absolute atomic E-state index is 12.3. The van der Waals surface area contributed by atoms with Gasteiger partial charge in [-0.2, -0.15) is 0 Å². The third-order valence-electron chi connectivity index (χ3n) is 15.1. The highest BCUT2D eigenvalue weighted by molar-refractivity contribution is 5.70. The summed E-state index contributed by atoms with van der Waals surface area (Å²) in [7, 11) is 0. The lowest BCUT2D eigenvalue weighted by Gasteiger charge is -2.15. The van der Waals surface area contributed by atoms with Crippen molar-refractivity contribution >= 4 is 11.9 Å². The van der Waals surface area contributed by atoms with Gasteiger partial charge in [0.05, 0.1) is 6.61 Å². The predicted molar refractivity (Wildman–Crippen MR) is 352 cm³/mol. The number of rotatable bonds is 63. The van der Waals surface area contributed by atoms with Gasteiger partial charge in [0.25, 0.3) is 0 Å². The fourth-order valence-corrected chi connectivity index (χ4v) is 9.92. The zero-order valence-corrected chi connectivity index (χ0v) is 52.8. The summed E-state index contributed by atoms with van der Waals surface area (Å²) in [5.74, 6) is -0.600. The molecule has 0 rings (SSSR count). The number of allylic oxidation sites excluding steroid dienone is 18. The molecule has 0 bridgehead atoms. The molecule has 460 valence electrons. The third kappa shape index (κ3) is 67.1. The molecule has 0 aromatic heterocycles. The van der Waals surface area contributed by atoms with Crippen LogP contribution in [0.1, 0.15) is 335 Å². The molecule has 0 heterocycles. The second-order valence-corrected chi connectivity index (χ2v) is 22.9. The Hall–Kier alpha value is -3.44. The highest BCUT2D eigenvalue weighted by Gasteiger charge is 2.16. The van der Waals surface area contributed by atoms with Gasteiger partial charge in [-0.05, 0) is 103 Å². The van der Waals surface area contributed by atoms with E-state index in [4.69, 9.17) is 9.47 Å². The summed E-state index contributed by atoms with van der Waals surface area (Å²) < 4.78 is 10.7. The van der Waals surface area contributed by atoms with Crippen LogP contribution < -0.4 is 0 Å². The zero-order valence-electron chi connectivity index (χ0n) is 52.8. The molecule has 1 atom stereocenters. The van der Waals surface area contributed by atoms with Crippen molar-refractivity contribution in [1.29, 1.82) is 0 Å². The van der Waals surface area contributed by atoms with E-state index in [0.29, 0.717) is 12.8 Å². The maximum atomic E-state index is 12.3. The van der Waals surface area contributed by atoms with Crippen LogP contribution in [0.25, 0.3) is 0 Å². The minimum atomic E-state index is -0.787. The van der Waals surface area contributed by atoms with E-state index in [1.165, 1.54) is 212 Å². The zero-order chi connectivity index (χ0) is 57.6. The lowest BCUT2D eigenvalue weighted by Crippen LogP contribution is -2.28. The molecule has 0 radical (unpaired) electrons. The van der Waals surface area contributed by atoms with Crippen LogP contribution in [0, 0.1) is 0 Å². The number of carbonyl (C=O) groups is 2. The third-order valence-corrected chi connectivity index (χ3v) is 15.1. The van der Waals surface area contributed by atoms with E-state index >= 15 is 0 Å². The Morgan fingerprint density at radius 2 is 0.537 bits per heavy atom. The normalized spacial score (nSPS) is 12.9. The number of ether oxygens (including phenoxy) is 2. The van der Waals surface area contributed by atoms with Crippen molar-refractivity contribution in [3.8, 4) is 0 Å². The summed E-state index contributed by atoms with van der Waals surface area (Å²) in [6, 6.07) is 0. The fourth-order valence-electron chi connectivity index (χ4n) is 9.92. The Morgan fingerprint density at radius 3 is 0.812 bits per heavy atom. The summed E-state index contributed by atoms with van der Waals surface area (Å²) in [6.07, 6.45) is 101. The highest BCUT2D eigenvalue weighted by atomic mass is 16.6. The van der Waals surface area contributed by atoms with Crippen molar-refractivity contribution in [2.45, 2.75) is 341 Å². The van der Waals surface area contributed by atoms with Crippen LogP contribution in [-0.4, -0.2) is 36.4 Å². The first-order chi connectivity index (χ1) is 39.6. The molecular weight excluding hydrogens is 981 g/mol. The quantitative estimate of drug-likeness (QED) is 0.0373. The SMILES string of the molecule is CC/C=C\C/C=C\C/C=C\C/C=C\C/C=C\C/C=C\CCCCCCCCC(=O)OC(CO)COC(=O)CCCCCCCCCCCCCCCCCCCCCCCCCCCC/C=C\C/C=C\C/C=C\CCCCCCC. The topological polar surface area (TPSA) is 72.8 Å². The molecule has 0 aliphatic heterocycles. The first-order valence-corrected chi connectivity index (χ1v) is 34.4. The summed E-state index contributed by atoms with van der Waals surface area (Å²) in [4.78, 5) is 24.6. The van der Waals surface area contributed by atoms with E-state index < -0.39 is 6.10 Å². The van der Waals surface area contributed by atoms with Gasteiger partial charge >= 0.3 is 11.9 Å². The van der Waals surface area contributed by atoms with Crippen molar-refractivity contribution in [1.82, 2.24) is 0 Å². The summed E-state index contributed by atoms with van der Waals surface area (Å²) in [6.45, 7) is 4.03. The van der Waals surface area contributed by atoms with Crippen LogP contribution in [0.3, 0.4) is 0 Å². The Bertz CT molecular complexity index is 1540. The number of hydrogen-bond donors (Lipinski definition) is 1. The lowest BCUT2D eigenvalue weighted by atomic mass is 10.0. The Balaban J connectivity index is 3.44. The second kappa shape index (κ2) is 69.8. The number of aliphatic hydroxyl groups is 1. The van der Waals surface area contributed by atoms with Crippen LogP contribution in [-0.2, 0) is 19.1 Å². The summed E-state index contributed by atoms with van der Waals surface area (Å²) >= 11 is 0. The molecule has 1 unspecified atom stereocenters. The minimum Gasteiger partial charge on any atom is -0.462 e. The standard InChI is InChI=1S/C75H130O5/c1-3-5-7-9-11-13-15-17-19-21-23-25-27-29-30-31-32-33-34-35-36-37-38-39-40-41-42-43-44-46-47-49-51-53-55-57-59-61-63-65-67-69-74(77)79-72-73(71-76)80-75(78)70-68-66-64-62-60-58-56-54-52-50-48-45-28-26-24-22-20-18-16-14-12-10-8-6-4-2/h6,8,12,14-15,17-18,20-21,23-24,26-27,29,45,48,52,54,73,76H,3-5,7,9-11,13,16,19,22,25,28,30-44,46-47,49-51,53,55-72H2,1-2H3/b8-6-,14-12-,17-15-,20-18-,23-21-,26-24-,29-27-,48-45-,54-52-. The van der Waals surface area contributed by atoms with Crippen molar-refractivity contribution in [3.05, 3.63) is 109 Å². The van der Waals surface area contributed by atoms with Crippen molar-refractivity contribution in [3.63, 3.8) is 0 Å². The molecule has 80 heavy (non-hydrogen) atoms. The van der Waals surface area contributed by atoms with E-state index in [-0.39, 0.29) is 25.2 Å². The van der Waals surface area contributed by atoms with Gasteiger partial charge in [-0.25, -0.2) is 0 Å². The molecule has 0 saturated heterocycles. The minimum absolute atomic E-state index is 0.0742. The molecule has 5 nitrogen and oxygen atoms in total. The molecule has 0 saturated carbocycles. The van der Waals surface area contributed by atoms with Crippen LogP contribution in [0.2, 0.25) is 0 Å². The van der Waals surface area contributed by atoms with Gasteiger partial charge in [0, 0.05) is 12.8 Å². The average molecular weight is 1110 g/mol. The molecule has 0 aliphatic carbocycles. The summed E-state index contributed by atoms with van der Waals surface area (Å²) in [5, 5.41) is 9.69. The molecule has 0 aromatic carbocycles. The molecule has 0 spiro atoms. The van der Waals surface area contributed by atoms with Crippen LogP contribution >= 0.6 is 0 Å². The van der Waals surface area contributed by atoms with Crippen molar-refractivity contribution in [2.24, 2.45) is 0 Å².